The summed E-state index contributed by atoms with van der Waals surface area (Å²) in [6.45, 7) is 14.9. The highest BCUT2D eigenvalue weighted by molar-refractivity contribution is 4.76. The summed E-state index contributed by atoms with van der Waals surface area (Å²) in [5, 5.41) is 3.49. The predicted octanol–water partition coefficient (Wildman–Crippen LogP) is 3.13. The average molecular weight is 228 g/mol. The average Bonchev–Trinajstić information content (AvgIpc) is 2.22. The molecule has 2 nitrogen and oxygen atoms in total. The molecule has 16 heavy (non-hydrogen) atoms. The van der Waals surface area contributed by atoms with Gasteiger partial charge in [-0.1, -0.05) is 20.8 Å². The number of hydrogen-bond acceptors (Lipinski definition) is 2. The fraction of sp³-hybridized carbons (Fsp3) is 1.00. The molecule has 0 spiro atoms. The molecular weight excluding hydrogens is 196 g/mol. The van der Waals surface area contributed by atoms with Crippen molar-refractivity contribution in [2.75, 3.05) is 26.7 Å². The molecule has 0 amide bonds. The van der Waals surface area contributed by atoms with Crippen molar-refractivity contribution < 1.29 is 0 Å². The van der Waals surface area contributed by atoms with Crippen LogP contribution in [-0.4, -0.2) is 37.1 Å². The summed E-state index contributed by atoms with van der Waals surface area (Å²) in [7, 11) is 2.24. The molecule has 0 bridgehead atoms. The third-order valence-corrected chi connectivity index (χ3v) is 3.55. The first-order valence-electron chi connectivity index (χ1n) is 6.82. The molecule has 0 rings (SSSR count). The highest BCUT2D eigenvalue weighted by Gasteiger charge is 2.19. The van der Waals surface area contributed by atoms with Crippen molar-refractivity contribution in [3.05, 3.63) is 0 Å². The van der Waals surface area contributed by atoms with Crippen molar-refractivity contribution in [3.8, 4) is 0 Å². The second-order valence-electron chi connectivity index (χ2n) is 5.89. The highest BCUT2D eigenvalue weighted by atomic mass is 15.2. The summed E-state index contributed by atoms with van der Waals surface area (Å²) in [4.78, 5) is 2.48. The molecule has 98 valence electrons. The van der Waals surface area contributed by atoms with Gasteiger partial charge < -0.3 is 10.2 Å². The Bertz CT molecular complexity index is 164. The molecule has 0 atom stereocenters. The van der Waals surface area contributed by atoms with Crippen LogP contribution in [0.15, 0.2) is 0 Å². The van der Waals surface area contributed by atoms with Crippen molar-refractivity contribution in [1.82, 2.24) is 10.2 Å². The van der Waals surface area contributed by atoms with E-state index in [2.05, 4.69) is 51.9 Å². The van der Waals surface area contributed by atoms with Crippen LogP contribution in [0.5, 0.6) is 0 Å². The van der Waals surface area contributed by atoms with Gasteiger partial charge >= 0.3 is 0 Å². The van der Waals surface area contributed by atoms with Gasteiger partial charge in [-0.25, -0.2) is 0 Å². The molecule has 0 aromatic carbocycles. The van der Waals surface area contributed by atoms with Gasteiger partial charge in [0.15, 0.2) is 0 Å². The lowest BCUT2D eigenvalue weighted by Crippen LogP contribution is -2.41. The molecule has 0 aliphatic rings. The Morgan fingerprint density at radius 1 is 1.19 bits per heavy atom. The van der Waals surface area contributed by atoms with Gasteiger partial charge in [0.05, 0.1) is 0 Å². The number of unbranched alkanes of at least 4 members (excludes halogenated alkanes) is 1. The summed E-state index contributed by atoms with van der Waals surface area (Å²) in [6.07, 6.45) is 3.80. The largest absolute Gasteiger partial charge is 0.316 e. The van der Waals surface area contributed by atoms with Gasteiger partial charge in [0.1, 0.15) is 0 Å². The molecule has 1 N–H and O–H groups in total. The van der Waals surface area contributed by atoms with Crippen molar-refractivity contribution in [1.29, 1.82) is 0 Å². The Morgan fingerprint density at radius 2 is 1.81 bits per heavy atom. The van der Waals surface area contributed by atoms with E-state index in [4.69, 9.17) is 0 Å². The molecule has 0 fully saturated rings. The zero-order chi connectivity index (χ0) is 12.6. The molecule has 0 heterocycles. The standard InChI is InChI=1S/C14H32N2/c1-7-14(4,5)16(6)11-9-8-10-15-12-13(2)3/h13,15H,7-12H2,1-6H3. The van der Waals surface area contributed by atoms with Crippen LogP contribution in [0.3, 0.4) is 0 Å². The van der Waals surface area contributed by atoms with Crippen molar-refractivity contribution in [3.63, 3.8) is 0 Å². The first-order chi connectivity index (χ1) is 7.40. The number of hydrogen-bond donors (Lipinski definition) is 1. The number of nitrogens with zero attached hydrogens (tertiary/aromatic N) is 1. The van der Waals surface area contributed by atoms with Gasteiger partial charge in [-0.05, 0) is 65.7 Å². The minimum atomic E-state index is 0.353. The second kappa shape index (κ2) is 8.08. The topological polar surface area (TPSA) is 15.3 Å². The van der Waals surface area contributed by atoms with E-state index >= 15 is 0 Å². The summed E-state index contributed by atoms with van der Waals surface area (Å²) in [5.74, 6) is 0.765. The highest BCUT2D eigenvalue weighted by Crippen LogP contribution is 2.16. The van der Waals surface area contributed by atoms with Crippen LogP contribution < -0.4 is 5.32 Å². The molecule has 0 saturated carbocycles. The van der Waals surface area contributed by atoms with E-state index in [-0.39, 0.29) is 0 Å². The van der Waals surface area contributed by atoms with Gasteiger partial charge in [-0.15, -0.1) is 0 Å². The van der Waals surface area contributed by atoms with Gasteiger partial charge in [-0.3, -0.25) is 0 Å². The van der Waals surface area contributed by atoms with Gasteiger partial charge in [0.25, 0.3) is 0 Å². The first kappa shape index (κ1) is 15.9. The molecule has 0 aromatic rings. The van der Waals surface area contributed by atoms with E-state index in [1.807, 2.05) is 0 Å². The summed E-state index contributed by atoms with van der Waals surface area (Å²) in [6, 6.07) is 0. The maximum Gasteiger partial charge on any atom is 0.0147 e. The molecule has 2 heteroatoms. The first-order valence-corrected chi connectivity index (χ1v) is 6.82. The maximum atomic E-state index is 3.49. The lowest BCUT2D eigenvalue weighted by molar-refractivity contribution is 0.148. The Labute approximate surface area is 103 Å². The fourth-order valence-electron chi connectivity index (χ4n) is 1.56. The van der Waals surface area contributed by atoms with Crippen LogP contribution >= 0.6 is 0 Å². The third-order valence-electron chi connectivity index (χ3n) is 3.55. The van der Waals surface area contributed by atoms with Gasteiger partial charge in [-0.2, -0.15) is 0 Å². The molecule has 0 aliphatic heterocycles. The van der Waals surface area contributed by atoms with Gasteiger partial charge in [0, 0.05) is 5.54 Å². The predicted molar refractivity (Wildman–Crippen MR) is 73.9 cm³/mol. The van der Waals surface area contributed by atoms with Crippen LogP contribution in [0, 0.1) is 5.92 Å². The van der Waals surface area contributed by atoms with E-state index < -0.39 is 0 Å². The van der Waals surface area contributed by atoms with Gasteiger partial charge in [0.2, 0.25) is 0 Å². The Kier molecular flexibility index (Phi) is 8.04. The van der Waals surface area contributed by atoms with Crippen LogP contribution in [-0.2, 0) is 0 Å². The van der Waals surface area contributed by atoms with Crippen LogP contribution in [0.4, 0.5) is 0 Å². The summed E-state index contributed by atoms with van der Waals surface area (Å²) in [5.41, 5.74) is 0.353. The minimum Gasteiger partial charge on any atom is -0.316 e. The monoisotopic (exact) mass is 228 g/mol. The smallest absolute Gasteiger partial charge is 0.0147 e. The molecular formula is C14H32N2. The van der Waals surface area contributed by atoms with E-state index in [9.17, 15) is 0 Å². The van der Waals surface area contributed by atoms with E-state index in [0.717, 1.165) is 12.5 Å². The Morgan fingerprint density at radius 3 is 2.31 bits per heavy atom. The SMILES string of the molecule is CCC(C)(C)N(C)CCCCNCC(C)C. The number of nitrogens with one attached hydrogen (secondary N) is 1. The van der Waals surface area contributed by atoms with Crippen LogP contribution in [0.25, 0.3) is 0 Å². The molecule has 0 saturated heterocycles. The summed E-state index contributed by atoms with van der Waals surface area (Å²) >= 11 is 0. The second-order valence-corrected chi connectivity index (χ2v) is 5.89. The molecule has 0 unspecified atom stereocenters. The quantitative estimate of drug-likeness (QED) is 0.610. The van der Waals surface area contributed by atoms with E-state index in [0.29, 0.717) is 5.54 Å². The zero-order valence-corrected chi connectivity index (χ0v) is 12.3. The zero-order valence-electron chi connectivity index (χ0n) is 12.3. The van der Waals surface area contributed by atoms with E-state index in [1.54, 1.807) is 0 Å². The van der Waals surface area contributed by atoms with Crippen LogP contribution in [0.2, 0.25) is 0 Å². The lowest BCUT2D eigenvalue weighted by atomic mass is 10.00. The minimum absolute atomic E-state index is 0.353. The van der Waals surface area contributed by atoms with Crippen molar-refractivity contribution in [2.24, 2.45) is 5.92 Å². The van der Waals surface area contributed by atoms with Crippen LogP contribution in [0.1, 0.15) is 53.9 Å². The Balaban J connectivity index is 3.45. The molecule has 0 aromatic heterocycles. The molecule has 0 radical (unpaired) electrons. The normalized spacial score (nSPS) is 12.8. The van der Waals surface area contributed by atoms with Crippen molar-refractivity contribution >= 4 is 0 Å². The lowest BCUT2D eigenvalue weighted by Gasteiger charge is -2.34. The Hall–Kier alpha value is -0.0800. The maximum absolute atomic E-state index is 3.49. The molecule has 0 aliphatic carbocycles. The third kappa shape index (κ3) is 7.24. The van der Waals surface area contributed by atoms with Crippen molar-refractivity contribution in [2.45, 2.75) is 59.4 Å². The number of rotatable bonds is 9. The fourth-order valence-corrected chi connectivity index (χ4v) is 1.56. The summed E-state index contributed by atoms with van der Waals surface area (Å²) < 4.78 is 0. The van der Waals surface area contributed by atoms with E-state index in [1.165, 1.54) is 32.4 Å².